The van der Waals surface area contributed by atoms with E-state index in [0.29, 0.717) is 5.82 Å². The fourth-order valence-corrected chi connectivity index (χ4v) is 8.16. The molecule has 2 heterocycles. The lowest BCUT2D eigenvalue weighted by molar-refractivity contribution is 0.669. The van der Waals surface area contributed by atoms with Crippen molar-refractivity contribution in [1.29, 1.82) is 0 Å². The van der Waals surface area contributed by atoms with Crippen molar-refractivity contribution >= 4 is 32.7 Å². The zero-order valence-corrected chi connectivity index (χ0v) is 32.1. The zero-order valence-electron chi connectivity index (χ0n) is 32.1. The Morgan fingerprint density at radius 1 is 0.254 bits per heavy atom. The Morgan fingerprint density at radius 2 is 0.729 bits per heavy atom. The third-order valence-corrected chi connectivity index (χ3v) is 11.3. The molecule has 0 unspecified atom stereocenters. The highest BCUT2D eigenvalue weighted by molar-refractivity contribution is 6.06. The Morgan fingerprint density at radius 3 is 1.47 bits per heavy atom. The summed E-state index contributed by atoms with van der Waals surface area (Å²) in [6.07, 6.45) is 0. The molecule has 0 radical (unpaired) electrons. The van der Waals surface area contributed by atoms with Gasteiger partial charge in [0.05, 0.1) is 11.4 Å². The van der Waals surface area contributed by atoms with Crippen molar-refractivity contribution in [3.8, 4) is 78.4 Å². The number of rotatable bonds is 7. The lowest BCUT2D eigenvalue weighted by Crippen LogP contribution is -1.96. The largest absolute Gasteiger partial charge is 0.456 e. The maximum atomic E-state index is 6.22. The fourth-order valence-electron chi connectivity index (χ4n) is 8.16. The summed E-state index contributed by atoms with van der Waals surface area (Å²) in [5, 5.41) is 4.67. The lowest BCUT2D eigenvalue weighted by atomic mass is 9.93. The van der Waals surface area contributed by atoms with Crippen molar-refractivity contribution in [3.05, 3.63) is 218 Å². The number of aromatic nitrogens is 2. The van der Waals surface area contributed by atoms with E-state index in [1.807, 2.05) is 30.3 Å². The van der Waals surface area contributed by atoms with Gasteiger partial charge in [-0.3, -0.25) is 0 Å². The van der Waals surface area contributed by atoms with Crippen LogP contribution in [0.4, 0.5) is 0 Å². The van der Waals surface area contributed by atoms with Gasteiger partial charge in [-0.1, -0.05) is 170 Å². The number of hydrogen-bond acceptors (Lipinski definition) is 3. The first kappa shape index (κ1) is 34.4. The van der Waals surface area contributed by atoms with Crippen LogP contribution in [0.1, 0.15) is 0 Å². The van der Waals surface area contributed by atoms with Crippen molar-refractivity contribution in [2.45, 2.75) is 0 Å². The second-order valence-corrected chi connectivity index (χ2v) is 15.0. The van der Waals surface area contributed by atoms with Crippen LogP contribution in [0.3, 0.4) is 0 Å². The summed E-state index contributed by atoms with van der Waals surface area (Å²) in [6.45, 7) is 0. The quantitative estimate of drug-likeness (QED) is 0.163. The first-order valence-electron chi connectivity index (χ1n) is 20.0. The second kappa shape index (κ2) is 14.6. The van der Waals surface area contributed by atoms with Gasteiger partial charge < -0.3 is 4.42 Å². The molecule has 0 fully saturated rings. The smallest absolute Gasteiger partial charge is 0.160 e. The highest BCUT2D eigenvalue weighted by Crippen LogP contribution is 2.38. The Labute approximate surface area is 342 Å². The van der Waals surface area contributed by atoms with Gasteiger partial charge in [0, 0.05) is 27.5 Å². The second-order valence-electron chi connectivity index (χ2n) is 15.0. The molecule has 276 valence electrons. The Bertz CT molecular complexity index is 3290. The van der Waals surface area contributed by atoms with E-state index in [9.17, 15) is 0 Å². The first-order chi connectivity index (χ1) is 29.2. The highest BCUT2D eigenvalue weighted by Gasteiger charge is 2.16. The van der Waals surface area contributed by atoms with E-state index in [0.717, 1.165) is 77.8 Å². The van der Waals surface area contributed by atoms with Gasteiger partial charge in [-0.15, -0.1) is 0 Å². The molecule has 9 aromatic carbocycles. The standard InChI is InChI=1S/C56H36N2O/c1-3-11-37(12-4-1)39-19-21-41(22-20-39)47-32-48(46-29-30-55-51(35-46)50-17-9-10-18-54(50)59-55)34-49(33-47)53-36-52(57-56(58-53)43-14-5-2-6-15-43)42-26-23-40(24-27-42)45-28-25-38-13-7-8-16-44(38)31-45/h1-36H. The van der Waals surface area contributed by atoms with Gasteiger partial charge in [-0.2, -0.15) is 0 Å². The highest BCUT2D eigenvalue weighted by atomic mass is 16.3. The number of nitrogens with zero attached hydrogens (tertiary/aromatic N) is 2. The maximum absolute atomic E-state index is 6.22. The third kappa shape index (κ3) is 6.65. The number of benzene rings is 9. The molecule has 0 amide bonds. The van der Waals surface area contributed by atoms with E-state index < -0.39 is 0 Å². The van der Waals surface area contributed by atoms with E-state index in [-0.39, 0.29) is 0 Å². The predicted molar refractivity (Wildman–Crippen MR) is 245 cm³/mol. The molecule has 11 rings (SSSR count). The molecular formula is C56H36N2O. The van der Waals surface area contributed by atoms with Gasteiger partial charge in [0.15, 0.2) is 5.82 Å². The monoisotopic (exact) mass is 752 g/mol. The minimum atomic E-state index is 0.683. The average Bonchev–Trinajstić information content (AvgIpc) is 3.70. The van der Waals surface area contributed by atoms with Crippen LogP contribution in [0, 0.1) is 0 Å². The minimum absolute atomic E-state index is 0.683. The molecule has 3 heteroatoms. The van der Waals surface area contributed by atoms with Gasteiger partial charge in [-0.05, 0) is 104 Å². The summed E-state index contributed by atoms with van der Waals surface area (Å²) in [7, 11) is 0. The van der Waals surface area contributed by atoms with Gasteiger partial charge in [-0.25, -0.2) is 9.97 Å². The molecule has 0 saturated carbocycles. The topological polar surface area (TPSA) is 38.9 Å². The lowest BCUT2D eigenvalue weighted by Gasteiger charge is -2.14. The molecule has 3 nitrogen and oxygen atoms in total. The molecule has 0 spiro atoms. The van der Waals surface area contributed by atoms with Gasteiger partial charge in [0.1, 0.15) is 11.2 Å². The molecule has 59 heavy (non-hydrogen) atoms. The molecule has 0 N–H and O–H groups in total. The summed E-state index contributed by atoms with van der Waals surface area (Å²) in [5.74, 6) is 0.683. The molecule has 0 atom stereocenters. The van der Waals surface area contributed by atoms with E-state index in [1.165, 1.54) is 27.5 Å². The van der Waals surface area contributed by atoms with Crippen LogP contribution in [-0.4, -0.2) is 9.97 Å². The Hall–Kier alpha value is -7.88. The molecular weight excluding hydrogens is 717 g/mol. The maximum Gasteiger partial charge on any atom is 0.160 e. The number of hydrogen-bond donors (Lipinski definition) is 0. The fraction of sp³-hybridized carbons (Fsp3) is 0. The predicted octanol–water partition coefficient (Wildman–Crippen LogP) is 15.2. The summed E-state index contributed by atoms with van der Waals surface area (Å²) < 4.78 is 6.22. The Balaban J connectivity index is 1.06. The van der Waals surface area contributed by atoms with Crippen molar-refractivity contribution < 1.29 is 4.42 Å². The molecule has 2 aromatic heterocycles. The number of para-hydroxylation sites is 1. The summed E-state index contributed by atoms with van der Waals surface area (Å²) in [4.78, 5) is 10.5. The van der Waals surface area contributed by atoms with Crippen molar-refractivity contribution in [2.24, 2.45) is 0 Å². The van der Waals surface area contributed by atoms with Crippen molar-refractivity contribution in [3.63, 3.8) is 0 Å². The molecule has 0 aliphatic rings. The molecule has 0 aliphatic heterocycles. The minimum Gasteiger partial charge on any atom is -0.456 e. The van der Waals surface area contributed by atoms with Crippen molar-refractivity contribution in [1.82, 2.24) is 9.97 Å². The van der Waals surface area contributed by atoms with Crippen LogP contribution in [0.15, 0.2) is 223 Å². The van der Waals surface area contributed by atoms with E-state index >= 15 is 0 Å². The van der Waals surface area contributed by atoms with Crippen LogP contribution < -0.4 is 0 Å². The SMILES string of the molecule is c1ccc(-c2ccc(-c3cc(-c4ccc5oc6ccccc6c5c4)cc(-c4cc(-c5ccc(-c6ccc7ccccc7c6)cc5)nc(-c5ccccc5)n4)c3)cc2)cc1. The van der Waals surface area contributed by atoms with E-state index in [4.69, 9.17) is 14.4 Å². The molecule has 0 bridgehead atoms. The summed E-state index contributed by atoms with van der Waals surface area (Å²) in [5.41, 5.74) is 15.7. The molecule has 11 aromatic rings. The average molecular weight is 753 g/mol. The van der Waals surface area contributed by atoms with Crippen LogP contribution >= 0.6 is 0 Å². The first-order valence-corrected chi connectivity index (χ1v) is 20.0. The van der Waals surface area contributed by atoms with Gasteiger partial charge in [0.2, 0.25) is 0 Å². The summed E-state index contributed by atoms with van der Waals surface area (Å²) >= 11 is 0. The van der Waals surface area contributed by atoms with Crippen LogP contribution in [0.5, 0.6) is 0 Å². The van der Waals surface area contributed by atoms with Crippen LogP contribution in [0.2, 0.25) is 0 Å². The number of furan rings is 1. The third-order valence-electron chi connectivity index (χ3n) is 11.3. The zero-order chi connectivity index (χ0) is 39.1. The Kier molecular flexibility index (Phi) is 8.49. The van der Waals surface area contributed by atoms with Crippen LogP contribution in [0.25, 0.3) is 111 Å². The van der Waals surface area contributed by atoms with E-state index in [1.54, 1.807) is 0 Å². The number of fused-ring (bicyclic) bond motifs is 4. The molecule has 0 aliphatic carbocycles. The van der Waals surface area contributed by atoms with Gasteiger partial charge >= 0.3 is 0 Å². The van der Waals surface area contributed by atoms with Gasteiger partial charge in [0.25, 0.3) is 0 Å². The summed E-state index contributed by atoms with van der Waals surface area (Å²) in [6, 6.07) is 77.2. The van der Waals surface area contributed by atoms with E-state index in [2.05, 4.69) is 188 Å². The van der Waals surface area contributed by atoms with Crippen LogP contribution in [-0.2, 0) is 0 Å². The van der Waals surface area contributed by atoms with Crippen molar-refractivity contribution in [2.75, 3.05) is 0 Å². The molecule has 0 saturated heterocycles. The normalized spacial score (nSPS) is 11.4.